The van der Waals surface area contributed by atoms with Crippen LogP contribution in [-0.2, 0) is 24.9 Å². The van der Waals surface area contributed by atoms with Gasteiger partial charge in [-0.25, -0.2) is 0 Å². The van der Waals surface area contributed by atoms with Crippen LogP contribution in [0.1, 0.15) is 36.2 Å². The molecule has 0 bridgehead atoms. The second kappa shape index (κ2) is 10.8. The van der Waals surface area contributed by atoms with Crippen molar-refractivity contribution in [3.63, 3.8) is 0 Å². The molecule has 0 saturated heterocycles. The molecule has 4 aromatic rings. The number of rotatable bonds is 2. The number of aromatic nitrogens is 2. The van der Waals surface area contributed by atoms with Crippen LogP contribution in [0, 0.1) is 33.8 Å². The quantitative estimate of drug-likeness (QED) is 0.116. The second-order valence-corrected chi connectivity index (χ2v) is 8.00. The summed E-state index contributed by atoms with van der Waals surface area (Å²) in [6.07, 6.45) is 1.89. The van der Waals surface area contributed by atoms with Crippen LogP contribution in [0.2, 0.25) is 0 Å². The van der Waals surface area contributed by atoms with Crippen LogP contribution in [0.5, 0.6) is 0 Å². The molecular formula is C27H26FIrN2O2-. The first-order valence-electron chi connectivity index (χ1n) is 10.3. The minimum absolute atomic E-state index is 0. The van der Waals surface area contributed by atoms with Crippen molar-refractivity contribution in [1.29, 1.82) is 0 Å². The number of allylic oxidation sites excluding steroid dienone is 2. The van der Waals surface area contributed by atoms with E-state index in [9.17, 15) is 9.18 Å². The third-order valence-corrected chi connectivity index (χ3v) is 5.07. The SMILES string of the molecule is CC(=O)/C(F)=C(/C)O.Cc1[c-]c(-c2nccc3c2ccc2nc(C)cc(C)c23)cc(C)c1.[Ir]. The molecule has 4 rings (SSSR count). The van der Waals surface area contributed by atoms with E-state index in [0.29, 0.717) is 0 Å². The molecule has 1 N–H and O–H groups in total. The van der Waals surface area contributed by atoms with E-state index in [1.54, 1.807) is 0 Å². The fourth-order valence-corrected chi connectivity index (χ4v) is 3.85. The molecule has 0 amide bonds. The van der Waals surface area contributed by atoms with E-state index in [1.165, 1.54) is 21.9 Å². The Hall–Kier alpha value is -2.95. The van der Waals surface area contributed by atoms with Crippen LogP contribution in [0.25, 0.3) is 32.9 Å². The molecule has 0 aliphatic rings. The molecule has 173 valence electrons. The summed E-state index contributed by atoms with van der Waals surface area (Å²) in [5.74, 6) is -2.37. The number of aliphatic hydroxyl groups excluding tert-OH is 1. The Morgan fingerprint density at radius 3 is 2.27 bits per heavy atom. The molecule has 0 unspecified atom stereocenters. The first-order chi connectivity index (χ1) is 15.1. The van der Waals surface area contributed by atoms with Crippen LogP contribution in [0.3, 0.4) is 0 Å². The normalized spacial score (nSPS) is 11.4. The van der Waals surface area contributed by atoms with Gasteiger partial charge < -0.3 is 10.1 Å². The number of nitrogens with zero attached hydrogens (tertiary/aromatic N) is 2. The summed E-state index contributed by atoms with van der Waals surface area (Å²) < 4.78 is 11.9. The summed E-state index contributed by atoms with van der Waals surface area (Å²) >= 11 is 0. The van der Waals surface area contributed by atoms with Gasteiger partial charge in [-0.3, -0.25) is 9.78 Å². The average Bonchev–Trinajstić information content (AvgIpc) is 2.71. The maximum atomic E-state index is 11.9. The van der Waals surface area contributed by atoms with Crippen molar-refractivity contribution in [3.8, 4) is 11.3 Å². The van der Waals surface area contributed by atoms with Crippen LogP contribution >= 0.6 is 0 Å². The largest absolute Gasteiger partial charge is 0.509 e. The predicted molar refractivity (Wildman–Crippen MR) is 127 cm³/mol. The summed E-state index contributed by atoms with van der Waals surface area (Å²) in [7, 11) is 0. The van der Waals surface area contributed by atoms with Crippen molar-refractivity contribution in [1.82, 2.24) is 9.97 Å². The van der Waals surface area contributed by atoms with Crippen LogP contribution < -0.4 is 0 Å². The summed E-state index contributed by atoms with van der Waals surface area (Å²) in [6, 6.07) is 16.2. The van der Waals surface area contributed by atoms with Gasteiger partial charge in [0.2, 0.25) is 5.83 Å². The fraction of sp³-hybridized carbons (Fsp3) is 0.222. The van der Waals surface area contributed by atoms with E-state index in [0.717, 1.165) is 47.3 Å². The number of hydrogen-bond acceptors (Lipinski definition) is 4. The second-order valence-electron chi connectivity index (χ2n) is 8.00. The number of carbonyl (C=O) groups is 1. The van der Waals surface area contributed by atoms with Crippen molar-refractivity contribution in [2.75, 3.05) is 0 Å². The first kappa shape index (κ1) is 26.3. The Kier molecular flexibility index (Phi) is 8.59. The Morgan fingerprint density at radius 2 is 1.70 bits per heavy atom. The minimum atomic E-state index is -1.06. The third kappa shape index (κ3) is 5.89. The van der Waals surface area contributed by atoms with Crippen LogP contribution in [-0.4, -0.2) is 20.9 Å². The first-order valence-corrected chi connectivity index (χ1v) is 10.3. The zero-order valence-electron chi connectivity index (χ0n) is 19.5. The molecule has 0 saturated carbocycles. The van der Waals surface area contributed by atoms with Gasteiger partial charge in [0.25, 0.3) is 0 Å². The maximum Gasteiger partial charge on any atom is 0.202 e. The molecule has 33 heavy (non-hydrogen) atoms. The Labute approximate surface area is 206 Å². The topological polar surface area (TPSA) is 63.1 Å². The van der Waals surface area contributed by atoms with Gasteiger partial charge in [0, 0.05) is 44.3 Å². The number of pyridine rings is 2. The number of fused-ring (bicyclic) bond motifs is 3. The van der Waals surface area contributed by atoms with Crippen molar-refractivity contribution in [2.45, 2.75) is 41.5 Å². The van der Waals surface area contributed by atoms with E-state index in [4.69, 9.17) is 5.11 Å². The molecule has 2 aromatic carbocycles. The number of hydrogen-bond donors (Lipinski definition) is 1. The zero-order chi connectivity index (χ0) is 23.6. The number of ketones is 1. The van der Waals surface area contributed by atoms with Gasteiger partial charge in [-0.1, -0.05) is 19.9 Å². The molecule has 0 spiro atoms. The molecule has 6 heteroatoms. The van der Waals surface area contributed by atoms with Crippen LogP contribution in [0.4, 0.5) is 4.39 Å². The number of aliphatic hydroxyl groups is 1. The minimum Gasteiger partial charge on any atom is -0.509 e. The van der Waals surface area contributed by atoms with Crippen LogP contribution in [0.15, 0.2) is 54.2 Å². The van der Waals surface area contributed by atoms with E-state index in [2.05, 4.69) is 73.2 Å². The fourth-order valence-electron chi connectivity index (χ4n) is 3.85. The van der Waals surface area contributed by atoms with Gasteiger partial charge in [0.1, 0.15) is 5.76 Å². The predicted octanol–water partition coefficient (Wildman–Crippen LogP) is 6.82. The number of aryl methyl sites for hydroxylation is 4. The van der Waals surface area contributed by atoms with Crippen molar-refractivity contribution in [3.05, 3.63) is 82.6 Å². The van der Waals surface area contributed by atoms with E-state index in [1.807, 2.05) is 13.1 Å². The Bertz CT molecular complexity index is 1360. The molecular weight excluding hydrogens is 596 g/mol. The number of carbonyl (C=O) groups excluding carboxylic acids is 1. The Morgan fingerprint density at radius 1 is 1.00 bits per heavy atom. The van der Waals surface area contributed by atoms with Gasteiger partial charge in [0.05, 0.1) is 5.52 Å². The summed E-state index contributed by atoms with van der Waals surface area (Å²) in [6.45, 7) is 10.6. The van der Waals surface area contributed by atoms with Gasteiger partial charge in [-0.05, 0) is 61.0 Å². The van der Waals surface area contributed by atoms with Crippen molar-refractivity contribution in [2.24, 2.45) is 0 Å². The average molecular weight is 622 g/mol. The third-order valence-electron chi connectivity index (χ3n) is 5.07. The van der Waals surface area contributed by atoms with E-state index < -0.39 is 17.4 Å². The number of Topliss-reactive ketones (excluding diaryl/α,β-unsaturated/α-hetero) is 1. The van der Waals surface area contributed by atoms with Gasteiger partial charge in [0.15, 0.2) is 5.78 Å². The zero-order valence-corrected chi connectivity index (χ0v) is 21.9. The monoisotopic (exact) mass is 622 g/mol. The summed E-state index contributed by atoms with van der Waals surface area (Å²) in [4.78, 5) is 19.3. The molecule has 0 fully saturated rings. The molecule has 0 atom stereocenters. The summed E-state index contributed by atoms with van der Waals surface area (Å²) in [5, 5.41) is 11.8. The summed E-state index contributed by atoms with van der Waals surface area (Å²) in [5.41, 5.74) is 7.76. The van der Waals surface area contributed by atoms with E-state index in [-0.39, 0.29) is 20.1 Å². The molecule has 2 aromatic heterocycles. The number of benzene rings is 2. The maximum absolute atomic E-state index is 11.9. The Balaban J connectivity index is 0.000000372. The van der Waals surface area contributed by atoms with Gasteiger partial charge >= 0.3 is 0 Å². The number of halogens is 1. The molecule has 0 aliphatic heterocycles. The van der Waals surface area contributed by atoms with Gasteiger partial charge in [-0.15, -0.1) is 34.9 Å². The molecule has 0 aliphatic carbocycles. The van der Waals surface area contributed by atoms with Crippen molar-refractivity contribution < 1.29 is 34.4 Å². The molecule has 4 nitrogen and oxygen atoms in total. The molecule has 2 heterocycles. The van der Waals surface area contributed by atoms with Gasteiger partial charge in [-0.2, -0.15) is 4.39 Å². The molecule has 1 radical (unpaired) electrons. The van der Waals surface area contributed by atoms with E-state index >= 15 is 0 Å². The smallest absolute Gasteiger partial charge is 0.202 e. The van der Waals surface area contributed by atoms with Crippen molar-refractivity contribution >= 4 is 27.5 Å². The standard InChI is InChI=1S/C22H19N2.C5H7FO2.Ir/c1-13-9-14(2)11-17(10-13)22-19-5-6-20-21(18(19)7-8-23-22)15(3)12-16(4)24-20;1-3(7)5(6)4(2)8;/h5-10,12H,1-4H3;7H,1-2H3;/q-1;;/b;5-3+;.